The Labute approximate surface area is 333 Å². The second-order valence-corrected chi connectivity index (χ2v) is 15.0. The standard InChI is InChI=1S/C50H46N2O5/c1-33(54)39-15-10-16-42(29-39)51-47(55)27-34-19-25-38(26-20-34)50-56-46(48(36-11-4-3-5-12-36)49(57-50)37-23-21-35(32-53)22-24-37)31-52(2)30-45-43-17-8-6-13-40(43)28-41-14-7-9-18-44(41)45/h3-26,28-29,46,48-50,53H,27,30-32H2,1-2H3,(H,51,55). The molecule has 4 atom stereocenters. The van der Waals surface area contributed by atoms with Gasteiger partial charge >= 0.3 is 0 Å². The molecule has 1 aliphatic rings. The van der Waals surface area contributed by atoms with E-state index in [1.54, 1.807) is 24.3 Å². The van der Waals surface area contributed by atoms with E-state index >= 15 is 0 Å². The molecule has 0 radical (unpaired) electrons. The number of ether oxygens (including phenoxy) is 2. The Hall–Kier alpha value is -5.96. The normalized spacial score (nSPS) is 18.2. The van der Waals surface area contributed by atoms with Gasteiger partial charge in [-0.15, -0.1) is 0 Å². The number of hydrogen-bond donors (Lipinski definition) is 2. The van der Waals surface area contributed by atoms with Crippen LogP contribution >= 0.6 is 0 Å². The molecule has 0 aliphatic carbocycles. The van der Waals surface area contributed by atoms with E-state index in [-0.39, 0.29) is 42.8 Å². The fourth-order valence-corrected chi connectivity index (χ4v) is 8.08. The van der Waals surface area contributed by atoms with E-state index in [1.165, 1.54) is 34.0 Å². The van der Waals surface area contributed by atoms with Crippen molar-refractivity contribution in [2.75, 3.05) is 18.9 Å². The Morgan fingerprint density at radius 3 is 1.96 bits per heavy atom. The first-order valence-corrected chi connectivity index (χ1v) is 19.5. The minimum absolute atomic E-state index is 0.0366. The highest BCUT2D eigenvalue weighted by Gasteiger charge is 2.42. The fraction of sp³-hybridized carbons (Fsp3) is 0.200. The molecule has 1 saturated heterocycles. The number of fused-ring (bicyclic) bond motifs is 2. The summed E-state index contributed by atoms with van der Waals surface area (Å²) in [7, 11) is 2.16. The van der Waals surface area contributed by atoms with Crippen LogP contribution in [-0.4, -0.2) is 41.4 Å². The number of amides is 1. The highest BCUT2D eigenvalue weighted by atomic mass is 16.7. The van der Waals surface area contributed by atoms with Gasteiger partial charge in [-0.3, -0.25) is 14.5 Å². The van der Waals surface area contributed by atoms with Gasteiger partial charge < -0.3 is 19.9 Å². The first-order chi connectivity index (χ1) is 27.8. The van der Waals surface area contributed by atoms with Gasteiger partial charge in [-0.05, 0) is 81.5 Å². The number of hydrogen-bond acceptors (Lipinski definition) is 6. The molecule has 0 saturated carbocycles. The van der Waals surface area contributed by atoms with Gasteiger partial charge in [0.05, 0.1) is 25.2 Å². The number of nitrogens with one attached hydrogen (secondary N) is 1. The van der Waals surface area contributed by atoms with Crippen LogP contribution in [0.1, 0.15) is 69.0 Å². The molecule has 0 aromatic heterocycles. The number of nitrogens with zero attached hydrogens (tertiary/aromatic N) is 1. The van der Waals surface area contributed by atoms with Crippen molar-refractivity contribution in [3.63, 3.8) is 0 Å². The molecule has 8 rings (SSSR count). The zero-order valence-electron chi connectivity index (χ0n) is 32.2. The number of aliphatic hydroxyl groups excluding tert-OH is 1. The number of benzene rings is 7. The maximum absolute atomic E-state index is 13.0. The number of Topliss-reactive ketones (excluding diaryl/α,β-unsaturated/α-hetero) is 1. The van der Waals surface area contributed by atoms with Gasteiger partial charge in [0.2, 0.25) is 5.91 Å². The molecule has 1 amide bonds. The largest absolute Gasteiger partial charge is 0.392 e. The molecule has 7 aromatic rings. The van der Waals surface area contributed by atoms with Gasteiger partial charge in [-0.25, -0.2) is 0 Å². The number of anilines is 1. The van der Waals surface area contributed by atoms with E-state index < -0.39 is 6.29 Å². The van der Waals surface area contributed by atoms with Crippen molar-refractivity contribution in [1.82, 2.24) is 4.90 Å². The smallest absolute Gasteiger partial charge is 0.228 e. The number of ketones is 1. The van der Waals surface area contributed by atoms with Crippen LogP contribution in [0.2, 0.25) is 0 Å². The summed E-state index contributed by atoms with van der Waals surface area (Å²) in [4.78, 5) is 27.2. The maximum atomic E-state index is 13.0. The number of carbonyl (C=O) groups excluding carboxylic acids is 2. The molecular formula is C50H46N2O5. The lowest BCUT2D eigenvalue weighted by Crippen LogP contribution is -2.43. The molecule has 1 fully saturated rings. The molecule has 2 N–H and O–H groups in total. The molecule has 286 valence electrons. The van der Waals surface area contributed by atoms with Crippen LogP contribution in [-0.2, 0) is 33.8 Å². The topological polar surface area (TPSA) is 88.1 Å². The van der Waals surface area contributed by atoms with Crippen molar-refractivity contribution >= 4 is 38.9 Å². The van der Waals surface area contributed by atoms with Gasteiger partial charge in [0.1, 0.15) is 0 Å². The lowest BCUT2D eigenvalue weighted by molar-refractivity contribution is -0.263. The van der Waals surface area contributed by atoms with Crippen molar-refractivity contribution in [2.45, 2.75) is 50.9 Å². The van der Waals surface area contributed by atoms with Crippen LogP contribution in [0.3, 0.4) is 0 Å². The van der Waals surface area contributed by atoms with Crippen molar-refractivity contribution in [2.24, 2.45) is 0 Å². The molecule has 1 aliphatic heterocycles. The van der Waals surface area contributed by atoms with E-state index in [4.69, 9.17) is 9.47 Å². The monoisotopic (exact) mass is 754 g/mol. The first-order valence-electron chi connectivity index (χ1n) is 19.5. The Balaban J connectivity index is 1.09. The van der Waals surface area contributed by atoms with Crippen molar-refractivity contribution in [3.05, 3.63) is 197 Å². The highest BCUT2D eigenvalue weighted by molar-refractivity contribution is 6.02. The lowest BCUT2D eigenvalue weighted by Gasteiger charge is -2.44. The lowest BCUT2D eigenvalue weighted by atomic mass is 9.83. The van der Waals surface area contributed by atoms with E-state index in [0.717, 1.165) is 34.4 Å². The molecule has 7 heteroatoms. The van der Waals surface area contributed by atoms with Gasteiger partial charge in [-0.1, -0.05) is 140 Å². The van der Waals surface area contributed by atoms with Crippen molar-refractivity contribution in [1.29, 1.82) is 0 Å². The minimum atomic E-state index is -0.679. The van der Waals surface area contributed by atoms with Gasteiger partial charge in [0, 0.05) is 35.8 Å². The Morgan fingerprint density at radius 1 is 0.667 bits per heavy atom. The highest BCUT2D eigenvalue weighted by Crippen LogP contribution is 2.47. The zero-order valence-corrected chi connectivity index (χ0v) is 32.2. The van der Waals surface area contributed by atoms with Crippen LogP contribution in [0, 0.1) is 0 Å². The summed E-state index contributed by atoms with van der Waals surface area (Å²) in [6.07, 6.45) is -1.13. The van der Waals surface area contributed by atoms with Crippen molar-refractivity contribution in [3.8, 4) is 0 Å². The molecule has 57 heavy (non-hydrogen) atoms. The molecule has 7 nitrogen and oxygen atoms in total. The Morgan fingerprint density at radius 2 is 1.30 bits per heavy atom. The third kappa shape index (κ3) is 8.58. The van der Waals surface area contributed by atoms with E-state index in [1.807, 2.05) is 54.6 Å². The number of rotatable bonds is 12. The van der Waals surface area contributed by atoms with Gasteiger partial charge in [-0.2, -0.15) is 0 Å². The van der Waals surface area contributed by atoms with Crippen LogP contribution in [0.5, 0.6) is 0 Å². The molecule has 0 bridgehead atoms. The maximum Gasteiger partial charge on any atom is 0.228 e. The zero-order chi connectivity index (χ0) is 39.3. The average molecular weight is 755 g/mol. The van der Waals surface area contributed by atoms with E-state index in [9.17, 15) is 14.7 Å². The molecular weight excluding hydrogens is 709 g/mol. The van der Waals surface area contributed by atoms with Gasteiger partial charge in [0.25, 0.3) is 0 Å². The summed E-state index contributed by atoms with van der Waals surface area (Å²) in [5.41, 5.74) is 7.07. The third-order valence-electron chi connectivity index (χ3n) is 10.9. The Kier molecular flexibility index (Phi) is 11.3. The molecule has 0 spiro atoms. The predicted octanol–water partition coefficient (Wildman–Crippen LogP) is 9.94. The van der Waals surface area contributed by atoms with Crippen LogP contribution in [0.4, 0.5) is 5.69 Å². The first kappa shape index (κ1) is 37.9. The fourth-order valence-electron chi connectivity index (χ4n) is 8.08. The number of aliphatic hydroxyl groups is 1. The second-order valence-electron chi connectivity index (χ2n) is 15.0. The minimum Gasteiger partial charge on any atom is -0.392 e. The van der Waals surface area contributed by atoms with Crippen LogP contribution in [0.25, 0.3) is 21.5 Å². The summed E-state index contributed by atoms with van der Waals surface area (Å²) in [5, 5.41) is 17.7. The summed E-state index contributed by atoms with van der Waals surface area (Å²) < 4.78 is 14.0. The van der Waals surface area contributed by atoms with E-state index in [0.29, 0.717) is 17.8 Å². The average Bonchev–Trinajstić information content (AvgIpc) is 3.24. The predicted molar refractivity (Wildman–Crippen MR) is 226 cm³/mol. The molecule has 7 aromatic carbocycles. The third-order valence-corrected chi connectivity index (χ3v) is 10.9. The van der Waals surface area contributed by atoms with Crippen LogP contribution in [0.15, 0.2) is 158 Å². The van der Waals surface area contributed by atoms with E-state index in [2.05, 4.69) is 96.1 Å². The summed E-state index contributed by atoms with van der Waals surface area (Å²) in [6.45, 7) is 2.82. The summed E-state index contributed by atoms with van der Waals surface area (Å²) in [6, 6.07) is 52.7. The van der Waals surface area contributed by atoms with Gasteiger partial charge in [0.15, 0.2) is 12.1 Å². The second kappa shape index (κ2) is 17.0. The summed E-state index contributed by atoms with van der Waals surface area (Å²) >= 11 is 0. The Bertz CT molecular complexity index is 2450. The summed E-state index contributed by atoms with van der Waals surface area (Å²) in [5.74, 6) is -0.368. The van der Waals surface area contributed by atoms with Crippen molar-refractivity contribution < 1.29 is 24.2 Å². The van der Waals surface area contributed by atoms with Crippen LogP contribution < -0.4 is 5.32 Å². The number of likely N-dealkylation sites (N-methyl/N-ethyl adjacent to an activating group) is 1. The molecule has 1 heterocycles. The molecule has 4 unspecified atom stereocenters. The SMILES string of the molecule is CC(=O)c1cccc(NC(=O)Cc2ccc(C3OC(CN(C)Cc4c5ccccc5cc5ccccc45)C(c4ccccc4)C(c4ccc(CO)cc4)O3)cc2)c1. The quantitative estimate of drug-likeness (QED) is 0.0954. The number of carbonyl (C=O) groups is 2.